The van der Waals surface area contributed by atoms with Crippen LogP contribution in [0.1, 0.15) is 0 Å². The van der Waals surface area contributed by atoms with Crippen LogP contribution in [0, 0.1) is 0 Å². The zero-order chi connectivity index (χ0) is 18.9. The third kappa shape index (κ3) is 1.87. The molecule has 0 fully saturated rings. The summed E-state index contributed by atoms with van der Waals surface area (Å²) in [6.07, 6.45) is 0. The molecule has 0 bridgehead atoms. The molecule has 0 N–H and O–H groups in total. The second-order valence-electron chi connectivity index (χ2n) is 7.74. The van der Waals surface area contributed by atoms with Crippen LogP contribution in [0.15, 0.2) is 101 Å². The number of fused-ring (bicyclic) bond motifs is 7. The molecule has 3 heteroatoms. The zero-order valence-corrected chi connectivity index (χ0v) is 15.7. The Hall–Kier alpha value is -3.72. The third-order valence-electron chi connectivity index (χ3n) is 6.27. The second kappa shape index (κ2) is 5.42. The highest BCUT2D eigenvalue weighted by molar-refractivity contribution is 7.01. The minimum absolute atomic E-state index is 0.139. The van der Waals surface area contributed by atoms with Crippen LogP contribution in [0.2, 0.25) is 0 Å². The molecule has 0 atom stereocenters. The smallest absolute Gasteiger partial charge is 0.293 e. The first-order valence-corrected chi connectivity index (χ1v) is 10.0. The van der Waals surface area contributed by atoms with Gasteiger partial charge < -0.3 is 9.32 Å². The van der Waals surface area contributed by atoms with E-state index in [9.17, 15) is 0 Å². The van der Waals surface area contributed by atoms with Gasteiger partial charge in [0, 0.05) is 28.0 Å². The largest absolute Gasteiger partial charge is 0.470 e. The number of furan rings is 1. The molecule has 0 unspecified atom stereocenters. The first-order valence-electron chi connectivity index (χ1n) is 10.0. The maximum atomic E-state index is 6.46. The van der Waals surface area contributed by atoms with Crippen LogP contribution in [0.5, 0.6) is 0 Å². The molecule has 7 rings (SSSR count). The molecule has 0 spiro atoms. The van der Waals surface area contributed by atoms with Crippen LogP contribution in [-0.2, 0) is 0 Å². The van der Waals surface area contributed by atoms with E-state index in [4.69, 9.17) is 4.42 Å². The van der Waals surface area contributed by atoms with Crippen molar-refractivity contribution < 1.29 is 4.42 Å². The number of benzene rings is 4. The van der Waals surface area contributed by atoms with Gasteiger partial charge in [0.05, 0.1) is 5.66 Å². The van der Waals surface area contributed by atoms with Crippen molar-refractivity contribution in [2.75, 3.05) is 4.90 Å². The number of para-hydroxylation sites is 3. The molecule has 0 amide bonds. The predicted molar refractivity (Wildman–Crippen MR) is 121 cm³/mol. The quantitative estimate of drug-likeness (QED) is 0.390. The molecule has 0 saturated carbocycles. The molecular formula is C26H16BNO. The second-order valence-corrected chi connectivity index (χ2v) is 7.74. The minimum Gasteiger partial charge on any atom is -0.470 e. The average Bonchev–Trinajstić information content (AvgIpc) is 3.31. The zero-order valence-electron chi connectivity index (χ0n) is 15.7. The summed E-state index contributed by atoms with van der Waals surface area (Å²) in [5.41, 5.74) is 10.9. The molecule has 0 aliphatic carbocycles. The van der Waals surface area contributed by atoms with Crippen molar-refractivity contribution in [2.45, 2.75) is 0 Å². The minimum atomic E-state index is 0.139. The Labute approximate surface area is 169 Å². The molecular weight excluding hydrogens is 353 g/mol. The molecule has 5 aromatic rings. The van der Waals surface area contributed by atoms with Gasteiger partial charge in [0.1, 0.15) is 5.58 Å². The summed E-state index contributed by atoms with van der Waals surface area (Å²) in [7, 11) is 0. The highest BCUT2D eigenvalue weighted by Gasteiger charge is 2.45. The Morgan fingerprint density at radius 2 is 1.41 bits per heavy atom. The van der Waals surface area contributed by atoms with E-state index in [1.54, 1.807) is 0 Å². The van der Waals surface area contributed by atoms with E-state index in [1.807, 2.05) is 6.07 Å². The van der Waals surface area contributed by atoms with Gasteiger partial charge >= 0.3 is 0 Å². The summed E-state index contributed by atoms with van der Waals surface area (Å²) in [5, 5.41) is 1.20. The van der Waals surface area contributed by atoms with Crippen LogP contribution in [0.25, 0.3) is 22.1 Å². The topological polar surface area (TPSA) is 16.4 Å². The van der Waals surface area contributed by atoms with Gasteiger partial charge in [-0.1, -0.05) is 66.7 Å². The van der Waals surface area contributed by atoms with Crippen molar-refractivity contribution in [1.29, 1.82) is 0 Å². The average molecular weight is 369 g/mol. The molecule has 4 aromatic carbocycles. The van der Waals surface area contributed by atoms with Crippen LogP contribution in [-0.4, -0.2) is 6.71 Å². The maximum absolute atomic E-state index is 6.46. The fourth-order valence-electron chi connectivity index (χ4n) is 5.16. The van der Waals surface area contributed by atoms with Gasteiger partial charge in [-0.25, -0.2) is 0 Å². The van der Waals surface area contributed by atoms with E-state index in [0.717, 1.165) is 11.2 Å². The summed E-state index contributed by atoms with van der Waals surface area (Å²) in [4.78, 5) is 2.39. The summed E-state index contributed by atoms with van der Waals surface area (Å²) in [5.74, 6) is 0. The van der Waals surface area contributed by atoms with E-state index < -0.39 is 0 Å². The lowest BCUT2D eigenvalue weighted by Crippen LogP contribution is -2.54. The number of anilines is 3. The molecule has 2 aliphatic heterocycles. The van der Waals surface area contributed by atoms with Crippen LogP contribution in [0.3, 0.4) is 0 Å². The highest BCUT2D eigenvalue weighted by atomic mass is 16.3. The Kier molecular flexibility index (Phi) is 2.85. The summed E-state index contributed by atoms with van der Waals surface area (Å²) in [6.45, 7) is 0.139. The SMILES string of the molecule is c1ccc(N2c3ccccc3B3c4oc5ccccc5c4-c4cccc2c43)cc1. The first-order chi connectivity index (χ1) is 14.4. The van der Waals surface area contributed by atoms with Gasteiger partial charge in [-0.2, -0.15) is 0 Å². The molecule has 29 heavy (non-hydrogen) atoms. The Balaban J connectivity index is 1.62. The predicted octanol–water partition coefficient (Wildman–Crippen LogP) is 4.71. The lowest BCUT2D eigenvalue weighted by molar-refractivity contribution is 0.653. The molecule has 2 aliphatic rings. The fourth-order valence-corrected chi connectivity index (χ4v) is 5.16. The molecule has 134 valence electrons. The van der Waals surface area contributed by atoms with Crippen molar-refractivity contribution >= 4 is 51.3 Å². The van der Waals surface area contributed by atoms with E-state index in [0.29, 0.717) is 0 Å². The van der Waals surface area contributed by atoms with Gasteiger partial charge in [0.25, 0.3) is 6.71 Å². The summed E-state index contributed by atoms with van der Waals surface area (Å²) in [6, 6.07) is 34.4. The standard InChI is InChI=1S/C26H16BNO/c1-2-9-17(10-3-1)28-21-14-6-5-13-20(21)27-25-19(12-8-15-22(25)28)24-18-11-4-7-16-23(18)29-26(24)27/h1-16H. The molecule has 2 nitrogen and oxygen atoms in total. The van der Waals surface area contributed by atoms with Crippen LogP contribution >= 0.6 is 0 Å². The Bertz CT molecular complexity index is 1420. The monoisotopic (exact) mass is 369 g/mol. The lowest BCUT2D eigenvalue weighted by Gasteiger charge is -2.35. The van der Waals surface area contributed by atoms with Gasteiger partial charge in [-0.15, -0.1) is 0 Å². The maximum Gasteiger partial charge on any atom is 0.293 e. The van der Waals surface area contributed by atoms with Crippen molar-refractivity contribution in [2.24, 2.45) is 0 Å². The lowest BCUT2D eigenvalue weighted by atomic mass is 9.39. The number of nitrogens with zero attached hydrogens (tertiary/aromatic N) is 1. The van der Waals surface area contributed by atoms with E-state index in [2.05, 4.69) is 95.9 Å². The Morgan fingerprint density at radius 1 is 0.655 bits per heavy atom. The Morgan fingerprint density at radius 3 is 2.34 bits per heavy atom. The van der Waals surface area contributed by atoms with Crippen molar-refractivity contribution in [1.82, 2.24) is 0 Å². The molecule has 0 saturated heterocycles. The van der Waals surface area contributed by atoms with Crippen molar-refractivity contribution in [3.8, 4) is 11.1 Å². The van der Waals surface area contributed by atoms with Gasteiger partial charge in [-0.05, 0) is 46.8 Å². The first kappa shape index (κ1) is 15.2. The number of hydrogen-bond acceptors (Lipinski definition) is 2. The van der Waals surface area contributed by atoms with E-state index in [1.165, 1.54) is 44.5 Å². The van der Waals surface area contributed by atoms with Crippen molar-refractivity contribution in [3.63, 3.8) is 0 Å². The van der Waals surface area contributed by atoms with E-state index in [-0.39, 0.29) is 6.71 Å². The summed E-state index contributed by atoms with van der Waals surface area (Å²) < 4.78 is 6.46. The van der Waals surface area contributed by atoms with Gasteiger partial charge in [-0.3, -0.25) is 0 Å². The van der Waals surface area contributed by atoms with Crippen LogP contribution < -0.4 is 21.5 Å². The fraction of sp³-hybridized carbons (Fsp3) is 0. The van der Waals surface area contributed by atoms with Crippen molar-refractivity contribution in [3.05, 3.63) is 97.1 Å². The van der Waals surface area contributed by atoms with Gasteiger partial charge in [0.2, 0.25) is 0 Å². The summed E-state index contributed by atoms with van der Waals surface area (Å²) >= 11 is 0. The van der Waals surface area contributed by atoms with Crippen LogP contribution in [0.4, 0.5) is 17.1 Å². The van der Waals surface area contributed by atoms with E-state index >= 15 is 0 Å². The highest BCUT2D eigenvalue weighted by Crippen LogP contribution is 2.42. The molecule has 1 aromatic heterocycles. The molecule has 0 radical (unpaired) electrons. The number of hydrogen-bond donors (Lipinski definition) is 0. The van der Waals surface area contributed by atoms with Gasteiger partial charge in [0.15, 0.2) is 0 Å². The molecule has 3 heterocycles. The number of rotatable bonds is 1. The normalized spacial score (nSPS) is 13.4. The third-order valence-corrected chi connectivity index (χ3v) is 6.27.